The monoisotopic (exact) mass is 257 g/mol. The summed E-state index contributed by atoms with van der Waals surface area (Å²) in [5.74, 6) is -1.44. The Morgan fingerprint density at radius 1 is 1.47 bits per heavy atom. The maximum Gasteiger partial charge on any atom is 0.337 e. The van der Waals surface area contributed by atoms with Crippen molar-refractivity contribution >= 4 is 29.2 Å². The number of aromatic carboxylic acids is 1. The van der Waals surface area contributed by atoms with Gasteiger partial charge in [-0.2, -0.15) is 0 Å². The van der Waals surface area contributed by atoms with Gasteiger partial charge in [-0.25, -0.2) is 4.79 Å². The third-order valence-corrected chi connectivity index (χ3v) is 2.50. The molecule has 0 aliphatic rings. The van der Waals surface area contributed by atoms with Crippen LogP contribution in [0, 0.1) is 0 Å². The lowest BCUT2D eigenvalue weighted by molar-refractivity contribution is -0.124. The number of halogens is 1. The molecule has 0 aromatic heterocycles. The summed E-state index contributed by atoms with van der Waals surface area (Å²) in [5, 5.41) is 11.4. The summed E-state index contributed by atoms with van der Waals surface area (Å²) in [7, 11) is 1.42. The minimum Gasteiger partial charge on any atom is -0.478 e. The normalized spacial score (nSPS) is 11.9. The largest absolute Gasteiger partial charge is 0.478 e. The number of hydrogen-bond donors (Lipinski definition) is 2. The first-order chi connectivity index (χ1) is 7.95. The summed E-state index contributed by atoms with van der Waals surface area (Å²) in [5.41, 5.74) is 0.415. The smallest absolute Gasteiger partial charge is 0.337 e. The van der Waals surface area contributed by atoms with Gasteiger partial charge < -0.3 is 15.2 Å². The number of anilines is 1. The summed E-state index contributed by atoms with van der Waals surface area (Å²) in [4.78, 5) is 22.2. The van der Waals surface area contributed by atoms with Crippen molar-refractivity contribution in [3.63, 3.8) is 0 Å². The van der Waals surface area contributed by atoms with E-state index in [4.69, 9.17) is 21.4 Å². The van der Waals surface area contributed by atoms with Gasteiger partial charge in [0, 0.05) is 12.8 Å². The first kappa shape index (κ1) is 13.5. The molecule has 1 rings (SSSR count). The van der Waals surface area contributed by atoms with Crippen LogP contribution in [0.3, 0.4) is 0 Å². The minimum absolute atomic E-state index is 0.00976. The fraction of sp³-hybridized carbons (Fsp3) is 0.273. The maximum absolute atomic E-state index is 11.5. The molecule has 1 atom stereocenters. The number of hydrogen-bond acceptors (Lipinski definition) is 3. The molecular formula is C11H12ClNO4. The maximum atomic E-state index is 11.5. The lowest BCUT2D eigenvalue weighted by atomic mass is 10.2. The fourth-order valence-electron chi connectivity index (χ4n) is 1.12. The van der Waals surface area contributed by atoms with Crippen molar-refractivity contribution in [3.8, 4) is 0 Å². The Labute approximate surface area is 103 Å². The molecule has 0 bridgehead atoms. The molecule has 17 heavy (non-hydrogen) atoms. The molecule has 0 heterocycles. The number of carboxylic acid groups (broad SMARTS) is 1. The van der Waals surface area contributed by atoms with Crippen LogP contribution in [0.25, 0.3) is 0 Å². The molecule has 0 aliphatic carbocycles. The van der Waals surface area contributed by atoms with Crippen LogP contribution in [0.4, 0.5) is 5.69 Å². The molecule has 6 heteroatoms. The Balaban J connectivity index is 2.84. The first-order valence-electron chi connectivity index (χ1n) is 4.82. The van der Waals surface area contributed by atoms with Crippen molar-refractivity contribution in [2.75, 3.05) is 12.4 Å². The molecule has 0 aliphatic heterocycles. The molecule has 5 nitrogen and oxygen atoms in total. The van der Waals surface area contributed by atoms with Crippen LogP contribution in [0.1, 0.15) is 17.3 Å². The third kappa shape index (κ3) is 3.44. The minimum atomic E-state index is -1.11. The molecule has 92 valence electrons. The van der Waals surface area contributed by atoms with Crippen LogP contribution in [-0.4, -0.2) is 30.2 Å². The second-order valence-corrected chi connectivity index (χ2v) is 3.77. The fourth-order valence-corrected chi connectivity index (χ4v) is 1.38. The molecule has 0 fully saturated rings. The van der Waals surface area contributed by atoms with Gasteiger partial charge in [-0.15, -0.1) is 0 Å². The highest BCUT2D eigenvalue weighted by Gasteiger charge is 2.13. The topological polar surface area (TPSA) is 75.6 Å². The van der Waals surface area contributed by atoms with Gasteiger partial charge in [0.15, 0.2) is 0 Å². The predicted molar refractivity (Wildman–Crippen MR) is 63.5 cm³/mol. The van der Waals surface area contributed by atoms with E-state index in [0.717, 1.165) is 0 Å². The van der Waals surface area contributed by atoms with Crippen LogP contribution < -0.4 is 5.32 Å². The molecule has 0 spiro atoms. The van der Waals surface area contributed by atoms with E-state index in [9.17, 15) is 9.59 Å². The van der Waals surface area contributed by atoms with Crippen LogP contribution >= 0.6 is 11.6 Å². The van der Waals surface area contributed by atoms with Crippen molar-refractivity contribution in [2.24, 2.45) is 0 Å². The van der Waals surface area contributed by atoms with Crippen LogP contribution in [0.2, 0.25) is 5.02 Å². The van der Waals surface area contributed by atoms with Gasteiger partial charge in [-0.05, 0) is 25.1 Å². The SMILES string of the molecule is COC(C)C(=O)Nc1ccc(C(=O)O)c(Cl)c1. The quantitative estimate of drug-likeness (QED) is 0.865. The van der Waals surface area contributed by atoms with Gasteiger partial charge in [0.25, 0.3) is 5.91 Å². The molecule has 0 saturated heterocycles. The summed E-state index contributed by atoms with van der Waals surface area (Å²) in [6.45, 7) is 1.60. The standard InChI is InChI=1S/C11H12ClNO4/c1-6(17-2)10(14)13-7-3-4-8(11(15)16)9(12)5-7/h3-6H,1-2H3,(H,13,14)(H,15,16). The Hall–Kier alpha value is -1.59. The number of carboxylic acids is 1. The number of amides is 1. The van der Waals surface area contributed by atoms with E-state index in [2.05, 4.69) is 5.32 Å². The zero-order valence-electron chi connectivity index (χ0n) is 9.36. The predicted octanol–water partition coefficient (Wildman–Crippen LogP) is 2.01. The van der Waals surface area contributed by atoms with Crippen LogP contribution in [-0.2, 0) is 9.53 Å². The van der Waals surface area contributed by atoms with Gasteiger partial charge in [0.1, 0.15) is 6.10 Å². The van der Waals surface area contributed by atoms with Crippen molar-refractivity contribution in [2.45, 2.75) is 13.0 Å². The number of ether oxygens (including phenoxy) is 1. The van der Waals surface area contributed by atoms with Gasteiger partial charge in [0.2, 0.25) is 0 Å². The number of rotatable bonds is 4. The number of benzene rings is 1. The molecule has 1 aromatic rings. The van der Waals surface area contributed by atoms with Crippen molar-refractivity contribution in [1.82, 2.24) is 0 Å². The summed E-state index contributed by atoms with van der Waals surface area (Å²) < 4.78 is 4.84. The van der Waals surface area contributed by atoms with E-state index >= 15 is 0 Å². The highest BCUT2D eigenvalue weighted by Crippen LogP contribution is 2.21. The van der Waals surface area contributed by atoms with Crippen LogP contribution in [0.5, 0.6) is 0 Å². The molecular weight excluding hydrogens is 246 g/mol. The van der Waals surface area contributed by atoms with Crippen molar-refractivity contribution in [3.05, 3.63) is 28.8 Å². The Morgan fingerprint density at radius 2 is 2.12 bits per heavy atom. The van der Waals surface area contributed by atoms with Crippen molar-refractivity contribution < 1.29 is 19.4 Å². The van der Waals surface area contributed by atoms with E-state index in [1.165, 1.54) is 25.3 Å². The summed E-state index contributed by atoms with van der Waals surface area (Å²) >= 11 is 5.76. The zero-order chi connectivity index (χ0) is 13.0. The molecule has 0 saturated carbocycles. The van der Waals surface area contributed by atoms with Crippen molar-refractivity contribution in [1.29, 1.82) is 0 Å². The van der Waals surface area contributed by atoms with E-state index in [1.807, 2.05) is 0 Å². The number of nitrogens with one attached hydrogen (secondary N) is 1. The average Bonchev–Trinajstić information content (AvgIpc) is 2.27. The highest BCUT2D eigenvalue weighted by atomic mass is 35.5. The van der Waals surface area contributed by atoms with E-state index in [-0.39, 0.29) is 16.5 Å². The molecule has 2 N–H and O–H groups in total. The lowest BCUT2D eigenvalue weighted by Crippen LogP contribution is -2.26. The second kappa shape index (κ2) is 5.65. The van der Waals surface area contributed by atoms with Crippen LogP contribution in [0.15, 0.2) is 18.2 Å². The summed E-state index contributed by atoms with van der Waals surface area (Å²) in [6.07, 6.45) is -0.590. The molecule has 1 aromatic carbocycles. The number of carbonyl (C=O) groups is 2. The second-order valence-electron chi connectivity index (χ2n) is 3.37. The van der Waals surface area contributed by atoms with Gasteiger partial charge in [-0.1, -0.05) is 11.6 Å². The van der Waals surface area contributed by atoms with Gasteiger partial charge in [-0.3, -0.25) is 4.79 Å². The van der Waals surface area contributed by atoms with E-state index < -0.39 is 12.1 Å². The van der Waals surface area contributed by atoms with Gasteiger partial charge in [0.05, 0.1) is 10.6 Å². The van der Waals surface area contributed by atoms with E-state index in [1.54, 1.807) is 6.92 Å². The zero-order valence-corrected chi connectivity index (χ0v) is 10.1. The summed E-state index contributed by atoms with van der Waals surface area (Å²) in [6, 6.07) is 4.18. The van der Waals surface area contributed by atoms with Gasteiger partial charge >= 0.3 is 5.97 Å². The Morgan fingerprint density at radius 3 is 2.59 bits per heavy atom. The lowest BCUT2D eigenvalue weighted by Gasteiger charge is -2.11. The first-order valence-corrected chi connectivity index (χ1v) is 5.20. The number of methoxy groups -OCH3 is 1. The molecule has 0 radical (unpaired) electrons. The highest BCUT2D eigenvalue weighted by molar-refractivity contribution is 6.33. The number of carbonyl (C=O) groups excluding carboxylic acids is 1. The Bertz CT molecular complexity index is 447. The molecule has 1 amide bonds. The third-order valence-electron chi connectivity index (χ3n) is 2.19. The Kier molecular flexibility index (Phi) is 4.48. The molecule has 1 unspecified atom stereocenters. The van der Waals surface area contributed by atoms with E-state index in [0.29, 0.717) is 5.69 Å². The average molecular weight is 258 g/mol.